The lowest BCUT2D eigenvalue weighted by atomic mass is 9.93. The zero-order valence-electron chi connectivity index (χ0n) is 20.9. The van der Waals surface area contributed by atoms with Crippen LogP contribution in [-0.4, -0.2) is 47.8 Å². The van der Waals surface area contributed by atoms with Gasteiger partial charge in [-0.05, 0) is 38.3 Å². The van der Waals surface area contributed by atoms with Crippen molar-refractivity contribution in [2.45, 2.75) is 56.9 Å². The van der Waals surface area contributed by atoms with Gasteiger partial charge in [0.1, 0.15) is 11.4 Å². The molecular weight excluding hydrogens is 530 g/mol. The number of hydrogen-bond donors (Lipinski definition) is 3. The molecule has 2 amide bonds. The summed E-state index contributed by atoms with van der Waals surface area (Å²) in [4.78, 5) is 48.1. The number of anilines is 1. The second-order valence-electron chi connectivity index (χ2n) is 8.85. The number of ketones is 1. The van der Waals surface area contributed by atoms with E-state index in [9.17, 15) is 22.8 Å². The molecule has 1 saturated carbocycles. The number of sulfone groups is 1. The number of imidazole rings is 1. The van der Waals surface area contributed by atoms with E-state index in [1.54, 1.807) is 13.0 Å². The standard InChI is InChI=1S/C25H27N5O6S2/c1-3-36-22(32)20-12-26-25(29-20)38(34,35)14-17-13-37-24(27-17)30-23(33)28-19-10-6-7-15(2)11-18(19)21(31)16-8-4-5-9-16/h11-13,16H,3-5,8-10,14H2,1-2H3,(H,26,29)(H2,27,28,30,33). The molecule has 0 atom stereocenters. The summed E-state index contributed by atoms with van der Waals surface area (Å²) < 4.78 is 30.3. The molecule has 2 heterocycles. The zero-order valence-corrected chi connectivity index (χ0v) is 22.6. The summed E-state index contributed by atoms with van der Waals surface area (Å²) in [5, 5.41) is 6.62. The van der Waals surface area contributed by atoms with Gasteiger partial charge in [0.25, 0.3) is 0 Å². The third-order valence-corrected chi connectivity index (χ3v) is 8.22. The molecule has 2 aliphatic carbocycles. The fourth-order valence-electron chi connectivity index (χ4n) is 4.18. The van der Waals surface area contributed by atoms with Crippen LogP contribution in [0.15, 0.2) is 39.7 Å². The van der Waals surface area contributed by atoms with Crippen LogP contribution in [0.5, 0.6) is 0 Å². The average Bonchev–Trinajstić information content (AvgIpc) is 3.62. The second-order valence-corrected chi connectivity index (χ2v) is 11.6. The Kier molecular flexibility index (Phi) is 8.43. The highest BCUT2D eigenvalue weighted by Crippen LogP contribution is 2.30. The topological polar surface area (TPSA) is 160 Å². The van der Waals surface area contributed by atoms with Crippen molar-refractivity contribution in [2.24, 2.45) is 5.92 Å². The van der Waals surface area contributed by atoms with E-state index in [4.69, 9.17) is 4.74 Å². The van der Waals surface area contributed by atoms with Gasteiger partial charge in [-0.25, -0.2) is 28.0 Å². The van der Waals surface area contributed by atoms with Crippen molar-refractivity contribution in [1.82, 2.24) is 20.3 Å². The average molecular weight is 558 g/mol. The number of ether oxygens (including phenoxy) is 1. The molecule has 1 fully saturated rings. The van der Waals surface area contributed by atoms with Gasteiger partial charge in [0.2, 0.25) is 15.0 Å². The SMILES string of the molecule is CCOC(=O)c1cnc(S(=O)(=O)Cc2csc(NC(=O)NC3=C(C(=O)C4CCCC4)C=C(C)C#CC3)n2)[nH]1. The van der Waals surface area contributed by atoms with E-state index in [0.29, 0.717) is 11.3 Å². The monoisotopic (exact) mass is 557 g/mol. The summed E-state index contributed by atoms with van der Waals surface area (Å²) >= 11 is 1.05. The number of thiazole rings is 1. The lowest BCUT2D eigenvalue weighted by Gasteiger charge is -2.14. The summed E-state index contributed by atoms with van der Waals surface area (Å²) in [6.45, 7) is 3.60. The lowest BCUT2D eigenvalue weighted by molar-refractivity contribution is -0.118. The highest BCUT2D eigenvalue weighted by Gasteiger charge is 2.28. The maximum Gasteiger partial charge on any atom is 0.356 e. The molecule has 0 spiro atoms. The molecule has 38 heavy (non-hydrogen) atoms. The van der Waals surface area contributed by atoms with Gasteiger partial charge >= 0.3 is 12.0 Å². The Balaban J connectivity index is 1.43. The third kappa shape index (κ3) is 6.56. The Bertz CT molecular complexity index is 1480. The number of nitrogens with one attached hydrogen (secondary N) is 3. The fraction of sp³-hybridized carbons (Fsp3) is 0.400. The largest absolute Gasteiger partial charge is 0.461 e. The van der Waals surface area contributed by atoms with Gasteiger partial charge in [-0.1, -0.05) is 24.7 Å². The summed E-state index contributed by atoms with van der Waals surface area (Å²) in [7, 11) is -3.94. The highest BCUT2D eigenvalue weighted by atomic mass is 32.2. The first kappa shape index (κ1) is 27.3. The molecule has 3 N–H and O–H groups in total. The van der Waals surface area contributed by atoms with E-state index in [1.165, 1.54) is 5.38 Å². The Morgan fingerprint density at radius 2 is 2.00 bits per heavy atom. The number of Topliss-reactive ketones (excluding diaryl/α,β-unsaturated/α-hetero) is 1. The number of carbonyl (C=O) groups excluding carboxylic acids is 3. The first-order valence-corrected chi connectivity index (χ1v) is 14.6. The van der Waals surface area contributed by atoms with E-state index in [-0.39, 0.29) is 46.4 Å². The van der Waals surface area contributed by atoms with E-state index < -0.39 is 27.6 Å². The molecule has 0 saturated heterocycles. The van der Waals surface area contributed by atoms with Crippen LogP contribution in [0.25, 0.3) is 0 Å². The van der Waals surface area contributed by atoms with E-state index in [2.05, 4.69) is 37.4 Å². The first-order valence-electron chi connectivity index (χ1n) is 12.1. The minimum atomic E-state index is -3.94. The van der Waals surface area contributed by atoms with Gasteiger partial charge in [0, 0.05) is 22.6 Å². The van der Waals surface area contributed by atoms with Crippen LogP contribution < -0.4 is 10.6 Å². The summed E-state index contributed by atoms with van der Waals surface area (Å²) in [5.41, 5.74) is 1.75. The number of nitrogens with zero attached hydrogens (tertiary/aromatic N) is 2. The number of urea groups is 1. The number of hydrogen-bond acceptors (Lipinski definition) is 9. The predicted octanol–water partition coefficient (Wildman–Crippen LogP) is 3.51. The number of allylic oxidation sites excluding steroid dienone is 4. The van der Waals surface area contributed by atoms with Gasteiger partial charge in [-0.15, -0.1) is 11.3 Å². The molecule has 13 heteroatoms. The molecule has 0 bridgehead atoms. The van der Waals surface area contributed by atoms with Crippen molar-refractivity contribution in [2.75, 3.05) is 11.9 Å². The summed E-state index contributed by atoms with van der Waals surface area (Å²) in [5.74, 6) is 4.69. The van der Waals surface area contributed by atoms with E-state index in [0.717, 1.165) is 48.8 Å². The molecule has 2 aromatic rings. The molecule has 11 nitrogen and oxygen atoms in total. The smallest absolute Gasteiger partial charge is 0.356 e. The summed E-state index contributed by atoms with van der Waals surface area (Å²) in [6.07, 6.45) is 6.74. The molecule has 0 radical (unpaired) electrons. The summed E-state index contributed by atoms with van der Waals surface area (Å²) in [6, 6.07) is -0.611. The molecule has 0 aromatic carbocycles. The van der Waals surface area contributed by atoms with Crippen molar-refractivity contribution in [1.29, 1.82) is 0 Å². The van der Waals surface area contributed by atoms with Gasteiger partial charge in [0.05, 0.1) is 24.9 Å². The van der Waals surface area contributed by atoms with Crippen molar-refractivity contribution in [3.63, 3.8) is 0 Å². The fourth-order valence-corrected chi connectivity index (χ4v) is 6.14. The molecule has 2 aromatic heterocycles. The maximum absolute atomic E-state index is 13.1. The second kappa shape index (κ2) is 11.7. The van der Waals surface area contributed by atoms with Crippen LogP contribution in [0.2, 0.25) is 0 Å². The number of H-pyrrole nitrogens is 1. The quantitative estimate of drug-likeness (QED) is 0.312. The molecule has 4 rings (SSSR count). The normalized spacial score (nSPS) is 15.8. The zero-order chi connectivity index (χ0) is 27.3. The third-order valence-electron chi connectivity index (χ3n) is 5.95. The Morgan fingerprint density at radius 3 is 2.74 bits per heavy atom. The van der Waals surface area contributed by atoms with Crippen molar-refractivity contribution in [3.05, 3.63) is 45.9 Å². The van der Waals surface area contributed by atoms with E-state index in [1.807, 2.05) is 6.92 Å². The number of esters is 1. The number of aromatic nitrogens is 3. The van der Waals surface area contributed by atoms with E-state index >= 15 is 0 Å². The van der Waals surface area contributed by atoms with Crippen molar-refractivity contribution < 1.29 is 27.5 Å². The van der Waals surface area contributed by atoms with Gasteiger partial charge in [-0.2, -0.15) is 0 Å². The van der Waals surface area contributed by atoms with Crippen LogP contribution in [-0.2, 0) is 25.1 Å². The van der Waals surface area contributed by atoms with Gasteiger partial charge in [0.15, 0.2) is 10.9 Å². The van der Waals surface area contributed by atoms with Gasteiger partial charge in [-0.3, -0.25) is 10.1 Å². The number of amides is 2. The molecule has 200 valence electrons. The predicted molar refractivity (Wildman–Crippen MR) is 140 cm³/mol. The molecular formula is C25H27N5O6S2. The Hall–Kier alpha value is -3.76. The highest BCUT2D eigenvalue weighted by molar-refractivity contribution is 7.90. The number of rotatable bonds is 9. The first-order chi connectivity index (χ1) is 18.2. The van der Waals surface area contributed by atoms with Gasteiger partial charge < -0.3 is 15.0 Å². The number of carbonyl (C=O) groups is 3. The van der Waals surface area contributed by atoms with Crippen LogP contribution in [0.3, 0.4) is 0 Å². The Morgan fingerprint density at radius 1 is 1.24 bits per heavy atom. The maximum atomic E-state index is 13.1. The van der Waals surface area contributed by atoms with Crippen LogP contribution in [0, 0.1) is 17.8 Å². The van der Waals surface area contributed by atoms with Crippen LogP contribution in [0.1, 0.15) is 62.1 Å². The molecule has 2 aliphatic rings. The molecule has 0 aliphatic heterocycles. The minimum absolute atomic E-state index is 0.00781. The van der Waals surface area contributed by atoms with Crippen molar-refractivity contribution >= 4 is 44.1 Å². The van der Waals surface area contributed by atoms with Crippen LogP contribution >= 0.6 is 11.3 Å². The minimum Gasteiger partial charge on any atom is -0.461 e. The Labute approximate surface area is 224 Å². The lowest BCUT2D eigenvalue weighted by Crippen LogP contribution is -2.30. The molecule has 0 unspecified atom stereocenters. The van der Waals surface area contributed by atoms with Crippen molar-refractivity contribution in [3.8, 4) is 11.8 Å². The number of aromatic amines is 1. The van der Waals surface area contributed by atoms with Crippen LogP contribution in [0.4, 0.5) is 9.93 Å².